The van der Waals surface area contributed by atoms with Crippen molar-refractivity contribution in [2.45, 2.75) is 21.9 Å². The maximum Gasteiger partial charge on any atom is 0.240 e. The number of aromatic nitrogens is 3. The molecule has 0 saturated heterocycles. The van der Waals surface area contributed by atoms with E-state index in [0.29, 0.717) is 11.0 Å². The molecule has 9 heteroatoms. The lowest BCUT2D eigenvalue weighted by Gasteiger charge is -2.04. The molecule has 18 heavy (non-hydrogen) atoms. The highest BCUT2D eigenvalue weighted by molar-refractivity contribution is 7.99. The molecule has 0 unspecified atom stereocenters. The molecule has 0 atom stereocenters. The molecule has 0 fully saturated rings. The van der Waals surface area contributed by atoms with E-state index in [1.54, 1.807) is 13.0 Å². The van der Waals surface area contributed by atoms with E-state index in [1.807, 2.05) is 0 Å². The summed E-state index contributed by atoms with van der Waals surface area (Å²) in [7, 11) is -3.79. The van der Waals surface area contributed by atoms with E-state index in [9.17, 15) is 8.42 Å². The summed E-state index contributed by atoms with van der Waals surface area (Å²) in [6.07, 6.45) is 0. The van der Waals surface area contributed by atoms with Crippen molar-refractivity contribution < 1.29 is 8.42 Å². The van der Waals surface area contributed by atoms with Crippen LogP contribution in [0.15, 0.2) is 33.1 Å². The monoisotopic (exact) mass is 285 g/mol. The Labute approximate surface area is 108 Å². The zero-order chi connectivity index (χ0) is 13.3. The molecule has 1 aromatic carbocycles. The van der Waals surface area contributed by atoms with Crippen LogP contribution >= 0.6 is 11.8 Å². The zero-order valence-corrected chi connectivity index (χ0v) is 11.0. The summed E-state index contributed by atoms with van der Waals surface area (Å²) in [5, 5.41) is 12.2. The summed E-state index contributed by atoms with van der Waals surface area (Å²) in [5.41, 5.74) is 5.75. The number of primary sulfonamides is 1. The molecular weight excluding hydrogens is 274 g/mol. The van der Waals surface area contributed by atoms with Crippen molar-refractivity contribution in [3.63, 3.8) is 0 Å². The highest BCUT2D eigenvalue weighted by Gasteiger charge is 2.13. The lowest BCUT2D eigenvalue weighted by atomic mass is 10.3. The minimum Gasteiger partial charge on any atom is -0.398 e. The summed E-state index contributed by atoms with van der Waals surface area (Å²) < 4.78 is 22.4. The van der Waals surface area contributed by atoms with E-state index in [4.69, 9.17) is 10.9 Å². The maximum atomic E-state index is 11.2. The summed E-state index contributed by atoms with van der Waals surface area (Å²) in [4.78, 5) is 4.77. The Balaban J connectivity index is 2.30. The molecule has 0 amide bonds. The van der Waals surface area contributed by atoms with Crippen molar-refractivity contribution in [3.8, 4) is 0 Å². The molecule has 0 spiro atoms. The van der Waals surface area contributed by atoms with Crippen LogP contribution in [-0.2, 0) is 10.0 Å². The van der Waals surface area contributed by atoms with Crippen LogP contribution in [0.3, 0.4) is 0 Å². The van der Waals surface area contributed by atoms with Crippen molar-refractivity contribution in [1.29, 1.82) is 0 Å². The van der Waals surface area contributed by atoms with Crippen LogP contribution in [0, 0.1) is 6.92 Å². The molecule has 0 saturated carbocycles. The molecule has 7 nitrogen and oxygen atoms in total. The molecule has 0 aliphatic rings. The number of nitrogens with one attached hydrogen (secondary N) is 1. The second-order valence-corrected chi connectivity index (χ2v) is 6.12. The van der Waals surface area contributed by atoms with Gasteiger partial charge >= 0.3 is 0 Å². The quantitative estimate of drug-likeness (QED) is 0.704. The predicted octanol–water partition coefficient (Wildman–Crippen LogP) is 0.494. The van der Waals surface area contributed by atoms with Gasteiger partial charge in [0, 0.05) is 4.90 Å². The van der Waals surface area contributed by atoms with Crippen molar-refractivity contribution in [2.24, 2.45) is 5.14 Å². The van der Waals surface area contributed by atoms with E-state index in [1.165, 1.54) is 23.9 Å². The van der Waals surface area contributed by atoms with Crippen LogP contribution in [0.4, 0.5) is 5.69 Å². The van der Waals surface area contributed by atoms with Crippen LogP contribution in [-0.4, -0.2) is 23.6 Å². The minimum atomic E-state index is -3.79. The molecule has 0 aliphatic heterocycles. The van der Waals surface area contributed by atoms with Gasteiger partial charge in [-0.15, -0.1) is 5.10 Å². The Bertz CT molecular complexity index is 680. The second kappa shape index (κ2) is 4.59. The first-order valence-electron chi connectivity index (χ1n) is 4.85. The van der Waals surface area contributed by atoms with Gasteiger partial charge in [0.1, 0.15) is 10.7 Å². The average molecular weight is 285 g/mol. The summed E-state index contributed by atoms with van der Waals surface area (Å²) >= 11 is 1.27. The third kappa shape index (κ3) is 2.81. The number of rotatable bonds is 3. The van der Waals surface area contributed by atoms with Gasteiger partial charge in [-0.3, -0.25) is 5.10 Å². The van der Waals surface area contributed by atoms with Gasteiger partial charge in [-0.25, -0.2) is 18.5 Å². The predicted molar refractivity (Wildman–Crippen MR) is 67.5 cm³/mol. The summed E-state index contributed by atoms with van der Waals surface area (Å²) in [5.74, 6) is 0.701. The number of nitrogens with two attached hydrogens (primary N) is 2. The number of nitrogen functional groups attached to an aromatic ring is 1. The number of benzene rings is 1. The Morgan fingerprint density at radius 1 is 1.39 bits per heavy atom. The van der Waals surface area contributed by atoms with Gasteiger partial charge < -0.3 is 5.73 Å². The third-order valence-electron chi connectivity index (χ3n) is 2.07. The van der Waals surface area contributed by atoms with Gasteiger partial charge in [-0.1, -0.05) is 0 Å². The van der Waals surface area contributed by atoms with Gasteiger partial charge in [-0.2, -0.15) is 0 Å². The molecule has 1 heterocycles. The Kier molecular flexibility index (Phi) is 3.28. The summed E-state index contributed by atoms with van der Waals surface area (Å²) in [6, 6.07) is 4.50. The van der Waals surface area contributed by atoms with Crippen LogP contribution in [0.5, 0.6) is 0 Å². The topological polar surface area (TPSA) is 128 Å². The van der Waals surface area contributed by atoms with Crippen LogP contribution in [0.2, 0.25) is 0 Å². The van der Waals surface area contributed by atoms with E-state index < -0.39 is 10.0 Å². The number of anilines is 1. The van der Waals surface area contributed by atoms with Crippen molar-refractivity contribution in [1.82, 2.24) is 15.2 Å². The number of hydrogen-bond acceptors (Lipinski definition) is 6. The molecule has 2 rings (SSSR count). The number of H-pyrrole nitrogens is 1. The van der Waals surface area contributed by atoms with Gasteiger partial charge in [0.05, 0.1) is 5.69 Å². The smallest absolute Gasteiger partial charge is 0.240 e. The number of nitrogens with zero attached hydrogens (tertiary/aromatic N) is 2. The van der Waals surface area contributed by atoms with Gasteiger partial charge in [0.25, 0.3) is 0 Å². The number of sulfonamides is 1. The standard InChI is InChI=1S/C9H11N5O2S2/c1-5-12-9(14-13-5)17-6-2-3-8(7(10)4-6)18(11,15)16/h2-4H,10H2,1H3,(H2,11,15,16)(H,12,13,14). The highest BCUT2D eigenvalue weighted by atomic mass is 32.2. The first kappa shape index (κ1) is 12.9. The van der Waals surface area contributed by atoms with Crippen LogP contribution in [0.25, 0.3) is 0 Å². The normalized spacial score (nSPS) is 11.7. The first-order chi connectivity index (χ1) is 8.36. The largest absolute Gasteiger partial charge is 0.398 e. The van der Waals surface area contributed by atoms with Gasteiger partial charge in [-0.05, 0) is 36.9 Å². The number of aromatic amines is 1. The Hall–Kier alpha value is -1.58. The van der Waals surface area contributed by atoms with E-state index in [-0.39, 0.29) is 10.6 Å². The van der Waals surface area contributed by atoms with E-state index in [0.717, 1.165) is 4.90 Å². The zero-order valence-electron chi connectivity index (χ0n) is 9.41. The number of aryl methyl sites for hydroxylation is 1. The van der Waals surface area contributed by atoms with Crippen LogP contribution < -0.4 is 10.9 Å². The molecule has 1 aromatic heterocycles. The molecule has 0 radical (unpaired) electrons. The fourth-order valence-corrected chi connectivity index (χ4v) is 2.77. The molecular formula is C9H11N5O2S2. The van der Waals surface area contributed by atoms with Crippen molar-refractivity contribution >= 4 is 27.5 Å². The molecule has 2 aromatic rings. The van der Waals surface area contributed by atoms with Crippen molar-refractivity contribution in [2.75, 3.05) is 5.73 Å². The SMILES string of the molecule is Cc1nc(Sc2ccc(S(N)(=O)=O)c(N)c2)n[nH]1. The fourth-order valence-electron chi connectivity index (χ4n) is 1.32. The first-order valence-corrected chi connectivity index (χ1v) is 7.22. The molecule has 96 valence electrons. The molecule has 5 N–H and O–H groups in total. The van der Waals surface area contributed by atoms with Crippen molar-refractivity contribution in [3.05, 3.63) is 24.0 Å². The number of hydrogen-bond donors (Lipinski definition) is 3. The Morgan fingerprint density at radius 3 is 2.61 bits per heavy atom. The second-order valence-electron chi connectivity index (χ2n) is 3.55. The lowest BCUT2D eigenvalue weighted by Crippen LogP contribution is -2.14. The van der Waals surface area contributed by atoms with E-state index >= 15 is 0 Å². The molecule has 0 aliphatic carbocycles. The van der Waals surface area contributed by atoms with Gasteiger partial charge in [0.2, 0.25) is 15.2 Å². The maximum absolute atomic E-state index is 11.2. The lowest BCUT2D eigenvalue weighted by molar-refractivity contribution is 0.598. The summed E-state index contributed by atoms with van der Waals surface area (Å²) in [6.45, 7) is 1.79. The van der Waals surface area contributed by atoms with Crippen LogP contribution in [0.1, 0.15) is 5.82 Å². The van der Waals surface area contributed by atoms with Gasteiger partial charge in [0.15, 0.2) is 0 Å². The Morgan fingerprint density at radius 2 is 2.11 bits per heavy atom. The highest BCUT2D eigenvalue weighted by Crippen LogP contribution is 2.28. The third-order valence-corrected chi connectivity index (χ3v) is 3.91. The average Bonchev–Trinajstić information content (AvgIpc) is 2.62. The molecule has 0 bridgehead atoms. The minimum absolute atomic E-state index is 0.0852. The van der Waals surface area contributed by atoms with E-state index in [2.05, 4.69) is 15.2 Å². The fraction of sp³-hybridized carbons (Fsp3) is 0.111.